The van der Waals surface area contributed by atoms with Gasteiger partial charge in [-0.05, 0) is 37.0 Å². The van der Waals surface area contributed by atoms with E-state index in [0.29, 0.717) is 12.3 Å². The van der Waals surface area contributed by atoms with Crippen LogP contribution in [-0.4, -0.2) is 42.7 Å². The molecule has 6 nitrogen and oxygen atoms in total. The topological polar surface area (TPSA) is 63.4 Å². The summed E-state index contributed by atoms with van der Waals surface area (Å²) in [5, 5.41) is 10.8. The summed E-state index contributed by atoms with van der Waals surface area (Å²) in [4.78, 5) is 22.1. The molecule has 0 fully saturated rings. The van der Waals surface area contributed by atoms with Gasteiger partial charge in [-0.25, -0.2) is 4.98 Å². The number of benzene rings is 1. The van der Waals surface area contributed by atoms with E-state index in [0.717, 1.165) is 39.8 Å². The highest BCUT2D eigenvalue weighted by Gasteiger charge is 2.24. The molecule has 0 N–H and O–H groups in total. The number of nitrogens with zero attached hydrogens (tertiary/aromatic N) is 5. The van der Waals surface area contributed by atoms with Gasteiger partial charge in [0.1, 0.15) is 10.7 Å². The Labute approximate surface area is 189 Å². The van der Waals surface area contributed by atoms with E-state index in [9.17, 15) is 4.79 Å². The van der Waals surface area contributed by atoms with Gasteiger partial charge < -0.3 is 4.90 Å². The van der Waals surface area contributed by atoms with Crippen LogP contribution in [0, 0.1) is 13.8 Å². The second kappa shape index (κ2) is 7.91. The minimum atomic E-state index is 0.138. The number of carbonyl (C=O) groups is 1. The minimum Gasteiger partial charge on any atom is -0.337 e. The van der Waals surface area contributed by atoms with E-state index < -0.39 is 0 Å². The van der Waals surface area contributed by atoms with Crippen LogP contribution in [0.5, 0.6) is 0 Å². The number of fused-ring (bicyclic) bond motifs is 4. The Balaban J connectivity index is 1.43. The van der Waals surface area contributed by atoms with E-state index in [2.05, 4.69) is 60.5 Å². The molecule has 1 amide bonds. The van der Waals surface area contributed by atoms with Gasteiger partial charge in [-0.2, -0.15) is 0 Å². The van der Waals surface area contributed by atoms with E-state index in [-0.39, 0.29) is 11.8 Å². The molecule has 1 aliphatic rings. The zero-order chi connectivity index (χ0) is 21.7. The van der Waals surface area contributed by atoms with E-state index >= 15 is 0 Å². The molecule has 160 valence electrons. The minimum absolute atomic E-state index is 0.138. The number of aryl methyl sites for hydroxylation is 2. The highest BCUT2D eigenvalue weighted by molar-refractivity contribution is 7.99. The molecule has 0 bridgehead atoms. The van der Waals surface area contributed by atoms with Crippen molar-refractivity contribution in [1.82, 2.24) is 24.5 Å². The lowest BCUT2D eigenvalue weighted by molar-refractivity contribution is -0.129. The number of hydrogen-bond acceptors (Lipinski definition) is 6. The van der Waals surface area contributed by atoms with E-state index in [4.69, 9.17) is 4.98 Å². The fraction of sp³-hybridized carbons (Fsp3) is 0.391. The largest absolute Gasteiger partial charge is 0.337 e. The second-order valence-electron chi connectivity index (χ2n) is 8.35. The molecule has 0 saturated heterocycles. The van der Waals surface area contributed by atoms with Crippen molar-refractivity contribution < 1.29 is 4.79 Å². The molecule has 8 heteroatoms. The first kappa shape index (κ1) is 20.5. The van der Waals surface area contributed by atoms with Crippen molar-refractivity contribution in [3.8, 4) is 0 Å². The fourth-order valence-electron chi connectivity index (χ4n) is 4.15. The van der Waals surface area contributed by atoms with Crippen molar-refractivity contribution in [2.75, 3.05) is 12.3 Å². The highest BCUT2D eigenvalue weighted by atomic mass is 32.2. The predicted molar refractivity (Wildman–Crippen MR) is 126 cm³/mol. The Morgan fingerprint density at radius 2 is 1.97 bits per heavy atom. The molecular formula is C23H25N5OS2. The van der Waals surface area contributed by atoms with E-state index in [1.165, 1.54) is 33.3 Å². The van der Waals surface area contributed by atoms with Crippen LogP contribution >= 0.6 is 23.1 Å². The third kappa shape index (κ3) is 3.51. The first-order chi connectivity index (χ1) is 14.9. The number of amides is 1. The van der Waals surface area contributed by atoms with Crippen LogP contribution in [0.15, 0.2) is 29.4 Å². The number of aromatic nitrogens is 4. The summed E-state index contributed by atoms with van der Waals surface area (Å²) >= 11 is 3.16. The smallest absolute Gasteiger partial charge is 0.233 e. The monoisotopic (exact) mass is 451 g/mol. The Morgan fingerprint density at radius 1 is 1.19 bits per heavy atom. The van der Waals surface area contributed by atoms with Gasteiger partial charge in [0.05, 0.1) is 11.1 Å². The highest BCUT2D eigenvalue weighted by Crippen LogP contribution is 2.35. The SMILES string of the molecule is Cc1sc2nc(C(C)C)n3c(SCC(=O)N4CCc5ccccc5C4)nnc3c2c1C. The molecule has 0 saturated carbocycles. The van der Waals surface area contributed by atoms with Gasteiger partial charge in [0.15, 0.2) is 10.8 Å². The summed E-state index contributed by atoms with van der Waals surface area (Å²) in [7, 11) is 0. The molecule has 31 heavy (non-hydrogen) atoms. The predicted octanol–water partition coefficient (Wildman–Crippen LogP) is 4.76. The fourth-order valence-corrected chi connectivity index (χ4v) is 6.02. The maximum atomic E-state index is 13.0. The van der Waals surface area contributed by atoms with Gasteiger partial charge in [0.25, 0.3) is 0 Å². The van der Waals surface area contributed by atoms with Crippen LogP contribution in [0.25, 0.3) is 15.9 Å². The Bertz CT molecular complexity index is 1310. The molecule has 5 rings (SSSR count). The zero-order valence-corrected chi connectivity index (χ0v) is 19.8. The molecule has 4 aromatic rings. The molecular weight excluding hydrogens is 426 g/mol. The van der Waals surface area contributed by atoms with Crippen molar-refractivity contribution in [2.45, 2.75) is 51.7 Å². The number of carbonyl (C=O) groups excluding carboxylic acids is 1. The van der Waals surface area contributed by atoms with E-state index in [1.54, 1.807) is 11.3 Å². The molecule has 1 aromatic carbocycles. The molecule has 4 heterocycles. The van der Waals surface area contributed by atoms with Gasteiger partial charge in [-0.3, -0.25) is 9.20 Å². The van der Waals surface area contributed by atoms with Gasteiger partial charge in [-0.15, -0.1) is 21.5 Å². The van der Waals surface area contributed by atoms with Crippen molar-refractivity contribution in [3.05, 3.63) is 51.7 Å². The van der Waals surface area contributed by atoms with Crippen LogP contribution in [0.1, 0.15) is 47.2 Å². The normalized spacial score (nSPS) is 14.0. The first-order valence-corrected chi connectivity index (χ1v) is 12.4. The molecule has 0 radical (unpaired) electrons. The number of thioether (sulfide) groups is 1. The van der Waals surface area contributed by atoms with Crippen LogP contribution in [0.2, 0.25) is 0 Å². The maximum Gasteiger partial charge on any atom is 0.233 e. The number of thiophene rings is 1. The lowest BCUT2D eigenvalue weighted by Crippen LogP contribution is -2.37. The van der Waals surface area contributed by atoms with Crippen LogP contribution in [0.3, 0.4) is 0 Å². The van der Waals surface area contributed by atoms with Crippen LogP contribution in [-0.2, 0) is 17.8 Å². The standard InChI is InChI=1S/C23H25N5OS2/c1-13(2)20-24-22-19(14(3)15(4)31-22)21-25-26-23(28(20)21)30-12-18(29)27-10-9-16-7-5-6-8-17(16)11-27/h5-8,13H,9-12H2,1-4H3. The van der Waals surface area contributed by atoms with Crippen LogP contribution < -0.4 is 0 Å². The van der Waals surface area contributed by atoms with Gasteiger partial charge in [0.2, 0.25) is 5.91 Å². The first-order valence-electron chi connectivity index (χ1n) is 10.6. The molecule has 0 spiro atoms. The number of rotatable bonds is 4. The number of hydrogen-bond donors (Lipinski definition) is 0. The van der Waals surface area contributed by atoms with Crippen molar-refractivity contribution in [3.63, 3.8) is 0 Å². The Hall–Kier alpha value is -2.45. The van der Waals surface area contributed by atoms with Crippen LogP contribution in [0.4, 0.5) is 0 Å². The molecule has 1 aliphatic heterocycles. The average Bonchev–Trinajstić information content (AvgIpc) is 3.31. The third-order valence-corrected chi connectivity index (χ3v) is 8.01. The van der Waals surface area contributed by atoms with Crippen molar-refractivity contribution in [1.29, 1.82) is 0 Å². The van der Waals surface area contributed by atoms with Crippen molar-refractivity contribution >= 4 is 44.9 Å². The molecule has 0 unspecified atom stereocenters. The Kier molecular flexibility index (Phi) is 5.22. The van der Waals surface area contributed by atoms with Crippen molar-refractivity contribution in [2.24, 2.45) is 0 Å². The average molecular weight is 452 g/mol. The zero-order valence-electron chi connectivity index (χ0n) is 18.2. The maximum absolute atomic E-state index is 13.0. The summed E-state index contributed by atoms with van der Waals surface area (Å²) in [5.74, 6) is 1.65. The second-order valence-corrected chi connectivity index (χ2v) is 10.5. The van der Waals surface area contributed by atoms with Gasteiger partial charge >= 0.3 is 0 Å². The third-order valence-electron chi connectivity index (χ3n) is 5.99. The quantitative estimate of drug-likeness (QED) is 0.419. The van der Waals surface area contributed by atoms with Gasteiger partial charge in [-0.1, -0.05) is 49.9 Å². The summed E-state index contributed by atoms with van der Waals surface area (Å²) in [6.07, 6.45) is 0.913. The lowest BCUT2D eigenvalue weighted by atomic mass is 10.00. The van der Waals surface area contributed by atoms with E-state index in [1.807, 2.05) is 11.0 Å². The van der Waals surface area contributed by atoms with Gasteiger partial charge in [0, 0.05) is 23.9 Å². The lowest BCUT2D eigenvalue weighted by Gasteiger charge is -2.28. The summed E-state index contributed by atoms with van der Waals surface area (Å²) in [6.45, 7) is 9.95. The molecule has 3 aromatic heterocycles. The molecule has 0 aliphatic carbocycles. The Morgan fingerprint density at radius 3 is 2.74 bits per heavy atom. The summed E-state index contributed by atoms with van der Waals surface area (Å²) in [6, 6.07) is 8.38. The summed E-state index contributed by atoms with van der Waals surface area (Å²) in [5.41, 5.74) is 4.65. The molecule has 0 atom stereocenters. The summed E-state index contributed by atoms with van der Waals surface area (Å²) < 4.78 is 2.05.